The second-order valence-electron chi connectivity index (χ2n) is 9.90. The average Bonchev–Trinajstić information content (AvgIpc) is 3.38. The first-order valence-corrected chi connectivity index (χ1v) is 13.0. The summed E-state index contributed by atoms with van der Waals surface area (Å²) in [6.07, 6.45) is 5.24. The molecule has 7 nitrogen and oxygen atoms in total. The highest BCUT2D eigenvalue weighted by molar-refractivity contribution is 7.94. The normalized spacial score (nSPS) is 21.4. The SMILES string of the molecule is CC1(C#N)CCN(c2c(C(=O)N3CCN(SN4CCCC4)CC3)cnc3cc(F)c(F)cc23)CC1. The molecule has 1 aromatic heterocycles. The van der Waals surface area contributed by atoms with E-state index in [-0.39, 0.29) is 5.91 Å². The zero-order valence-corrected chi connectivity index (χ0v) is 20.8. The molecule has 5 rings (SSSR count). The van der Waals surface area contributed by atoms with E-state index in [1.807, 2.05) is 16.7 Å². The summed E-state index contributed by atoms with van der Waals surface area (Å²) < 4.78 is 32.9. The molecule has 35 heavy (non-hydrogen) atoms. The quantitative estimate of drug-likeness (QED) is 0.587. The summed E-state index contributed by atoms with van der Waals surface area (Å²) in [5.74, 6) is -2.06. The Morgan fingerprint density at radius 2 is 1.63 bits per heavy atom. The number of piperidine rings is 1. The summed E-state index contributed by atoms with van der Waals surface area (Å²) in [6, 6.07) is 4.62. The van der Waals surface area contributed by atoms with Crippen molar-refractivity contribution in [1.29, 1.82) is 5.26 Å². The minimum absolute atomic E-state index is 0.140. The fourth-order valence-electron chi connectivity index (χ4n) is 5.08. The minimum atomic E-state index is -0.962. The van der Waals surface area contributed by atoms with Gasteiger partial charge in [0.1, 0.15) is 0 Å². The van der Waals surface area contributed by atoms with Gasteiger partial charge in [0, 0.05) is 82.1 Å². The van der Waals surface area contributed by atoms with Crippen molar-refractivity contribution in [3.63, 3.8) is 0 Å². The topological polar surface area (TPSA) is 66.7 Å². The highest BCUT2D eigenvalue weighted by Crippen LogP contribution is 2.38. The number of anilines is 1. The lowest BCUT2D eigenvalue weighted by molar-refractivity contribution is 0.0702. The lowest BCUT2D eigenvalue weighted by atomic mass is 9.81. The van der Waals surface area contributed by atoms with Gasteiger partial charge in [-0.25, -0.2) is 17.4 Å². The highest BCUT2D eigenvalue weighted by Gasteiger charge is 2.34. The van der Waals surface area contributed by atoms with Crippen LogP contribution in [0.25, 0.3) is 10.9 Å². The number of piperazine rings is 1. The third-order valence-corrected chi connectivity index (χ3v) is 8.58. The number of nitriles is 1. The molecule has 4 heterocycles. The van der Waals surface area contributed by atoms with Gasteiger partial charge < -0.3 is 9.80 Å². The summed E-state index contributed by atoms with van der Waals surface area (Å²) >= 11 is 1.77. The van der Waals surface area contributed by atoms with Crippen molar-refractivity contribution in [1.82, 2.24) is 18.5 Å². The second-order valence-corrected chi connectivity index (χ2v) is 11.1. The zero-order valence-electron chi connectivity index (χ0n) is 20.0. The number of aromatic nitrogens is 1. The van der Waals surface area contributed by atoms with Gasteiger partial charge in [-0.15, -0.1) is 0 Å². The maximum Gasteiger partial charge on any atom is 0.257 e. The molecule has 3 fully saturated rings. The summed E-state index contributed by atoms with van der Waals surface area (Å²) in [4.78, 5) is 21.9. The minimum Gasteiger partial charge on any atom is -0.370 e. The van der Waals surface area contributed by atoms with Crippen LogP contribution in [0.4, 0.5) is 14.5 Å². The number of carbonyl (C=O) groups is 1. The van der Waals surface area contributed by atoms with Crippen LogP contribution in [-0.2, 0) is 0 Å². The summed E-state index contributed by atoms with van der Waals surface area (Å²) in [6.45, 7) is 8.01. The molecule has 0 aliphatic carbocycles. The number of halogens is 2. The van der Waals surface area contributed by atoms with E-state index in [4.69, 9.17) is 0 Å². The van der Waals surface area contributed by atoms with Crippen LogP contribution in [0, 0.1) is 28.4 Å². The van der Waals surface area contributed by atoms with E-state index in [9.17, 15) is 18.8 Å². The van der Waals surface area contributed by atoms with Gasteiger partial charge >= 0.3 is 0 Å². The molecule has 0 spiro atoms. The molecule has 186 valence electrons. The van der Waals surface area contributed by atoms with Crippen molar-refractivity contribution in [3.05, 3.63) is 35.5 Å². The van der Waals surface area contributed by atoms with Crippen LogP contribution in [0.1, 0.15) is 43.0 Å². The van der Waals surface area contributed by atoms with Crippen molar-refractivity contribution in [3.8, 4) is 6.07 Å². The number of benzene rings is 1. The number of rotatable bonds is 4. The fourth-order valence-corrected chi connectivity index (χ4v) is 6.16. The Morgan fingerprint density at radius 1 is 1.00 bits per heavy atom. The molecule has 3 aliphatic rings. The number of amides is 1. The highest BCUT2D eigenvalue weighted by atomic mass is 32.2. The Balaban J connectivity index is 1.41. The third kappa shape index (κ3) is 4.95. The molecule has 0 saturated carbocycles. The molecular weight excluding hydrogens is 470 g/mol. The van der Waals surface area contributed by atoms with Crippen molar-refractivity contribution in [2.45, 2.75) is 32.6 Å². The van der Waals surface area contributed by atoms with Gasteiger partial charge in [0.2, 0.25) is 0 Å². The number of nitrogens with zero attached hydrogens (tertiary/aromatic N) is 6. The van der Waals surface area contributed by atoms with Gasteiger partial charge in [-0.2, -0.15) is 5.26 Å². The van der Waals surface area contributed by atoms with E-state index in [2.05, 4.69) is 19.7 Å². The summed E-state index contributed by atoms with van der Waals surface area (Å²) in [5, 5.41) is 9.96. The zero-order chi connectivity index (χ0) is 24.6. The van der Waals surface area contributed by atoms with Crippen LogP contribution in [-0.4, -0.2) is 76.8 Å². The smallest absolute Gasteiger partial charge is 0.257 e. The van der Waals surface area contributed by atoms with Crippen molar-refractivity contribution >= 4 is 34.6 Å². The van der Waals surface area contributed by atoms with E-state index < -0.39 is 17.0 Å². The van der Waals surface area contributed by atoms with Crippen molar-refractivity contribution in [2.75, 3.05) is 57.3 Å². The average molecular weight is 501 g/mol. The number of hydrogen-bond acceptors (Lipinski definition) is 7. The van der Waals surface area contributed by atoms with Gasteiger partial charge in [-0.1, -0.05) is 0 Å². The van der Waals surface area contributed by atoms with Crippen LogP contribution in [0.2, 0.25) is 0 Å². The molecule has 10 heteroatoms. The first kappa shape index (κ1) is 24.2. The van der Waals surface area contributed by atoms with Crippen LogP contribution in [0.15, 0.2) is 18.3 Å². The Bertz CT molecular complexity index is 1150. The third-order valence-electron chi connectivity index (χ3n) is 7.39. The number of fused-ring (bicyclic) bond motifs is 1. The van der Waals surface area contributed by atoms with E-state index >= 15 is 0 Å². The standard InChI is InChI=1S/C25H30F2N6OS/c1-25(17-28)4-8-30(9-5-25)23-18-14-20(26)21(27)15-22(18)29-16-19(23)24(34)31-10-12-33(13-11-31)35-32-6-2-3-7-32/h14-16H,2-13H2,1H3. The molecule has 3 saturated heterocycles. The molecular formula is C25H30F2N6OS. The maximum atomic E-state index is 14.3. The first-order chi connectivity index (χ1) is 16.9. The summed E-state index contributed by atoms with van der Waals surface area (Å²) in [7, 11) is 0. The predicted molar refractivity (Wildman–Crippen MR) is 133 cm³/mol. The molecule has 2 aromatic rings. The predicted octanol–water partition coefficient (Wildman–Crippen LogP) is 4.06. The van der Waals surface area contributed by atoms with Crippen LogP contribution in [0.5, 0.6) is 0 Å². The van der Waals surface area contributed by atoms with Crippen LogP contribution >= 0.6 is 12.1 Å². The summed E-state index contributed by atoms with van der Waals surface area (Å²) in [5.41, 5.74) is 0.887. The van der Waals surface area contributed by atoms with Crippen molar-refractivity contribution < 1.29 is 13.6 Å². The monoisotopic (exact) mass is 500 g/mol. The van der Waals surface area contributed by atoms with Gasteiger partial charge in [0.05, 0.1) is 28.3 Å². The van der Waals surface area contributed by atoms with Gasteiger partial charge in [0.15, 0.2) is 11.6 Å². The second kappa shape index (κ2) is 9.88. The van der Waals surface area contributed by atoms with Gasteiger partial charge in [0.25, 0.3) is 5.91 Å². The number of carbonyl (C=O) groups excluding carboxylic acids is 1. The number of hydrogen-bond donors (Lipinski definition) is 0. The molecule has 0 bridgehead atoms. The lowest BCUT2D eigenvalue weighted by Gasteiger charge is -2.39. The molecule has 3 aliphatic heterocycles. The van der Waals surface area contributed by atoms with E-state index in [1.165, 1.54) is 19.0 Å². The Labute approximate surface area is 208 Å². The molecule has 0 radical (unpaired) electrons. The molecule has 0 unspecified atom stereocenters. The largest absolute Gasteiger partial charge is 0.370 e. The Morgan fingerprint density at radius 3 is 2.29 bits per heavy atom. The first-order valence-electron chi connectivity index (χ1n) is 12.3. The molecule has 0 atom stereocenters. The van der Waals surface area contributed by atoms with Crippen LogP contribution in [0.3, 0.4) is 0 Å². The van der Waals surface area contributed by atoms with E-state index in [0.717, 1.165) is 38.3 Å². The van der Waals surface area contributed by atoms with E-state index in [1.54, 1.807) is 12.1 Å². The van der Waals surface area contributed by atoms with Crippen molar-refractivity contribution in [2.24, 2.45) is 5.41 Å². The molecule has 1 aromatic carbocycles. The van der Waals surface area contributed by atoms with Crippen LogP contribution < -0.4 is 4.90 Å². The molecule has 0 N–H and O–H groups in total. The molecule has 1 amide bonds. The fraction of sp³-hybridized carbons (Fsp3) is 0.560. The van der Waals surface area contributed by atoms with Gasteiger partial charge in [-0.05, 0) is 38.7 Å². The van der Waals surface area contributed by atoms with Gasteiger partial charge in [-0.3, -0.25) is 9.78 Å². The Kier molecular flexibility index (Phi) is 6.84. The number of pyridine rings is 1. The lowest BCUT2D eigenvalue weighted by Crippen LogP contribution is -2.47. The van der Waals surface area contributed by atoms with E-state index in [0.29, 0.717) is 61.2 Å². The maximum absolute atomic E-state index is 14.3. The Hall–Kier alpha value is -2.48.